The van der Waals surface area contributed by atoms with Crippen LogP contribution in [0.15, 0.2) is 22.8 Å². The van der Waals surface area contributed by atoms with Crippen LogP contribution in [0.25, 0.3) is 0 Å². The van der Waals surface area contributed by atoms with E-state index in [1.54, 1.807) is 0 Å². The summed E-state index contributed by atoms with van der Waals surface area (Å²) in [5, 5.41) is 0. The SMILES string of the molecule is CC1=CC(Cl)(Cl)C(C)=C1C.[Ti]. The number of allylic oxidation sites excluding steroid dienone is 4. The standard InChI is InChI=1S/C8H10Cl2.Ti/c1-5-4-8(9,10)7(3)6(5)2;/h4H,1-3H3;. The van der Waals surface area contributed by atoms with E-state index in [2.05, 4.69) is 0 Å². The number of hydrogen-bond acceptors (Lipinski definition) is 0. The summed E-state index contributed by atoms with van der Waals surface area (Å²) in [6.45, 7) is 6.02. The Morgan fingerprint density at radius 2 is 1.64 bits per heavy atom. The van der Waals surface area contributed by atoms with Crippen molar-refractivity contribution in [3.63, 3.8) is 0 Å². The third-order valence-corrected chi connectivity index (χ3v) is 2.84. The Morgan fingerprint density at radius 1 is 1.18 bits per heavy atom. The molecule has 1 aliphatic rings. The number of alkyl halides is 2. The Hall–Kier alpha value is 0.774. The van der Waals surface area contributed by atoms with Crippen LogP contribution in [0.3, 0.4) is 0 Å². The Kier molecular flexibility index (Phi) is 3.92. The summed E-state index contributed by atoms with van der Waals surface area (Å²) in [5.41, 5.74) is 3.45. The average Bonchev–Trinajstić information content (AvgIpc) is 1.95. The first-order valence-electron chi connectivity index (χ1n) is 3.21. The maximum absolute atomic E-state index is 5.94. The fourth-order valence-corrected chi connectivity index (χ4v) is 1.64. The molecule has 0 radical (unpaired) electrons. The van der Waals surface area contributed by atoms with Gasteiger partial charge in [0.25, 0.3) is 0 Å². The average molecular weight is 225 g/mol. The molecule has 0 heterocycles. The van der Waals surface area contributed by atoms with E-state index >= 15 is 0 Å². The van der Waals surface area contributed by atoms with E-state index in [9.17, 15) is 0 Å². The minimum atomic E-state index is -0.742. The van der Waals surface area contributed by atoms with E-state index in [0.717, 1.165) is 5.57 Å². The van der Waals surface area contributed by atoms with Crippen molar-refractivity contribution in [1.82, 2.24) is 0 Å². The molecule has 1 aliphatic carbocycles. The molecule has 0 bridgehead atoms. The van der Waals surface area contributed by atoms with Crippen molar-refractivity contribution in [2.75, 3.05) is 0 Å². The van der Waals surface area contributed by atoms with Gasteiger partial charge in [-0.15, -0.1) is 0 Å². The number of hydrogen-bond donors (Lipinski definition) is 0. The maximum Gasteiger partial charge on any atom is 0.158 e. The molecule has 0 aliphatic heterocycles. The molecule has 0 N–H and O–H groups in total. The van der Waals surface area contributed by atoms with Crippen molar-refractivity contribution in [2.24, 2.45) is 0 Å². The summed E-state index contributed by atoms with van der Waals surface area (Å²) < 4.78 is -0.742. The van der Waals surface area contributed by atoms with Gasteiger partial charge >= 0.3 is 0 Å². The predicted octanol–water partition coefficient (Wildman–Crippen LogP) is 3.45. The summed E-state index contributed by atoms with van der Waals surface area (Å²) in [5.74, 6) is 0. The van der Waals surface area contributed by atoms with Gasteiger partial charge in [-0.1, -0.05) is 23.2 Å². The molecule has 11 heavy (non-hydrogen) atoms. The zero-order chi connectivity index (χ0) is 7.94. The third kappa shape index (κ3) is 2.12. The van der Waals surface area contributed by atoms with E-state index in [1.165, 1.54) is 11.1 Å². The molecule has 0 aromatic heterocycles. The topological polar surface area (TPSA) is 0 Å². The molecule has 0 atom stereocenters. The monoisotopic (exact) mass is 224 g/mol. The first-order valence-corrected chi connectivity index (χ1v) is 3.96. The van der Waals surface area contributed by atoms with Crippen molar-refractivity contribution in [2.45, 2.75) is 25.1 Å². The molecular weight excluding hydrogens is 215 g/mol. The summed E-state index contributed by atoms with van der Waals surface area (Å²) in [6.07, 6.45) is 1.88. The van der Waals surface area contributed by atoms with Gasteiger partial charge in [0.1, 0.15) is 0 Å². The van der Waals surface area contributed by atoms with Crippen LogP contribution in [0, 0.1) is 0 Å². The molecule has 0 nitrogen and oxygen atoms in total. The van der Waals surface area contributed by atoms with Gasteiger partial charge in [-0.2, -0.15) is 0 Å². The molecule has 0 saturated heterocycles. The van der Waals surface area contributed by atoms with E-state index in [1.807, 2.05) is 26.8 Å². The van der Waals surface area contributed by atoms with Crippen molar-refractivity contribution >= 4 is 23.2 Å². The fourth-order valence-electron chi connectivity index (χ4n) is 1.03. The van der Waals surface area contributed by atoms with Gasteiger partial charge in [0.05, 0.1) is 0 Å². The minimum Gasteiger partial charge on any atom is -0.0919 e. The largest absolute Gasteiger partial charge is 0.158 e. The Balaban J connectivity index is 0.000001000. The number of rotatable bonds is 0. The van der Waals surface area contributed by atoms with Crippen LogP contribution >= 0.6 is 23.2 Å². The Labute approximate surface area is 92.5 Å². The first-order chi connectivity index (χ1) is 4.45. The molecule has 0 fully saturated rings. The second-order valence-electron chi connectivity index (χ2n) is 2.70. The van der Waals surface area contributed by atoms with Crippen LogP contribution in [-0.4, -0.2) is 4.33 Å². The molecule has 60 valence electrons. The first kappa shape index (κ1) is 11.8. The second kappa shape index (κ2) is 3.66. The van der Waals surface area contributed by atoms with Gasteiger partial charge in [-0.3, -0.25) is 0 Å². The summed E-state index contributed by atoms with van der Waals surface area (Å²) in [6, 6.07) is 0. The zero-order valence-electron chi connectivity index (χ0n) is 6.83. The van der Waals surface area contributed by atoms with Crippen molar-refractivity contribution < 1.29 is 21.7 Å². The number of halogens is 2. The Morgan fingerprint density at radius 3 is 1.73 bits per heavy atom. The van der Waals surface area contributed by atoms with E-state index in [0.29, 0.717) is 0 Å². The van der Waals surface area contributed by atoms with Gasteiger partial charge in [0.15, 0.2) is 4.33 Å². The van der Waals surface area contributed by atoms with Crippen LogP contribution in [-0.2, 0) is 21.7 Å². The molecular formula is C8H10Cl2Ti. The van der Waals surface area contributed by atoms with Crippen LogP contribution in [0.1, 0.15) is 20.8 Å². The van der Waals surface area contributed by atoms with Crippen molar-refractivity contribution in [3.8, 4) is 0 Å². The maximum atomic E-state index is 5.94. The smallest absolute Gasteiger partial charge is 0.0919 e. The van der Waals surface area contributed by atoms with E-state index < -0.39 is 4.33 Å². The van der Waals surface area contributed by atoms with Crippen LogP contribution < -0.4 is 0 Å². The second-order valence-corrected chi connectivity index (χ2v) is 4.09. The molecule has 0 amide bonds. The van der Waals surface area contributed by atoms with Crippen molar-refractivity contribution in [3.05, 3.63) is 22.8 Å². The van der Waals surface area contributed by atoms with Gasteiger partial charge in [-0.05, 0) is 43.6 Å². The zero-order valence-corrected chi connectivity index (χ0v) is 9.91. The molecule has 1 rings (SSSR count). The molecule has 0 unspecified atom stereocenters. The molecule has 0 aromatic carbocycles. The fraction of sp³-hybridized carbons (Fsp3) is 0.500. The normalized spacial score (nSPS) is 21.4. The van der Waals surface area contributed by atoms with Gasteiger partial charge < -0.3 is 0 Å². The molecule has 0 spiro atoms. The third-order valence-electron chi connectivity index (χ3n) is 2.05. The van der Waals surface area contributed by atoms with Gasteiger partial charge in [-0.25, -0.2) is 0 Å². The summed E-state index contributed by atoms with van der Waals surface area (Å²) >= 11 is 11.9. The molecule has 3 heteroatoms. The van der Waals surface area contributed by atoms with Crippen molar-refractivity contribution in [1.29, 1.82) is 0 Å². The van der Waals surface area contributed by atoms with Gasteiger partial charge in [0, 0.05) is 21.7 Å². The summed E-state index contributed by atoms with van der Waals surface area (Å²) in [4.78, 5) is 0. The van der Waals surface area contributed by atoms with Crippen LogP contribution in [0.2, 0.25) is 0 Å². The van der Waals surface area contributed by atoms with Crippen LogP contribution in [0.5, 0.6) is 0 Å². The summed E-state index contributed by atoms with van der Waals surface area (Å²) in [7, 11) is 0. The quantitative estimate of drug-likeness (QED) is 0.437. The molecule has 0 saturated carbocycles. The molecule has 0 aromatic rings. The van der Waals surface area contributed by atoms with E-state index in [-0.39, 0.29) is 21.7 Å². The Bertz CT molecular complexity index is 226. The minimum absolute atomic E-state index is 0. The van der Waals surface area contributed by atoms with Gasteiger partial charge in [0.2, 0.25) is 0 Å². The van der Waals surface area contributed by atoms with E-state index in [4.69, 9.17) is 23.2 Å². The predicted molar refractivity (Wildman–Crippen MR) is 46.6 cm³/mol. The van der Waals surface area contributed by atoms with Crippen LogP contribution in [0.4, 0.5) is 0 Å².